The van der Waals surface area contributed by atoms with Gasteiger partial charge in [-0.2, -0.15) is 4.98 Å². The number of phenols is 1. The van der Waals surface area contributed by atoms with E-state index in [0.717, 1.165) is 0 Å². The number of aromatic nitrogens is 2. The van der Waals surface area contributed by atoms with E-state index in [0.29, 0.717) is 45.1 Å². The average Bonchev–Trinajstić information content (AvgIpc) is 3.36. The van der Waals surface area contributed by atoms with Gasteiger partial charge in [-0.25, -0.2) is 4.98 Å². The first-order valence-corrected chi connectivity index (χ1v) is 8.85. The topological polar surface area (TPSA) is 107 Å². The number of aryl methyl sites for hydroxylation is 1. The Morgan fingerprint density at radius 1 is 1.14 bits per heavy atom. The van der Waals surface area contributed by atoms with Gasteiger partial charge in [0.05, 0.1) is 5.56 Å². The molecular formula is C21H15N3O5. The van der Waals surface area contributed by atoms with Gasteiger partial charge >= 0.3 is 0 Å². The van der Waals surface area contributed by atoms with E-state index in [1.165, 1.54) is 0 Å². The van der Waals surface area contributed by atoms with Gasteiger partial charge in [-0.05, 0) is 55.0 Å². The Balaban J connectivity index is 1.48. The Kier molecular flexibility index (Phi) is 3.83. The van der Waals surface area contributed by atoms with Crippen LogP contribution in [0.4, 0.5) is 5.69 Å². The van der Waals surface area contributed by atoms with Gasteiger partial charge in [0.25, 0.3) is 5.91 Å². The van der Waals surface area contributed by atoms with E-state index in [-0.39, 0.29) is 24.3 Å². The second-order valence-electron chi connectivity index (χ2n) is 6.56. The van der Waals surface area contributed by atoms with Crippen LogP contribution in [0.25, 0.3) is 22.7 Å². The van der Waals surface area contributed by atoms with Crippen LogP contribution >= 0.6 is 0 Å². The number of anilines is 1. The molecule has 144 valence electrons. The van der Waals surface area contributed by atoms with Crippen molar-refractivity contribution in [1.29, 1.82) is 0 Å². The van der Waals surface area contributed by atoms with Crippen molar-refractivity contribution in [1.82, 2.24) is 9.97 Å². The number of rotatable bonds is 3. The highest BCUT2D eigenvalue weighted by Crippen LogP contribution is 2.36. The summed E-state index contributed by atoms with van der Waals surface area (Å²) in [6.07, 6.45) is 1.61. The summed E-state index contributed by atoms with van der Waals surface area (Å²) in [7, 11) is 0. The summed E-state index contributed by atoms with van der Waals surface area (Å²) in [6.45, 7) is 1.87. The number of aromatic hydroxyl groups is 1. The number of pyridine rings is 1. The molecule has 0 aliphatic carbocycles. The molecule has 4 aromatic rings. The van der Waals surface area contributed by atoms with Gasteiger partial charge in [0.1, 0.15) is 5.75 Å². The number of carbonyl (C=O) groups is 1. The predicted molar refractivity (Wildman–Crippen MR) is 104 cm³/mol. The molecule has 5 rings (SSSR count). The van der Waals surface area contributed by atoms with Crippen LogP contribution in [0.5, 0.6) is 17.2 Å². The van der Waals surface area contributed by atoms with Gasteiger partial charge in [-0.15, -0.1) is 0 Å². The van der Waals surface area contributed by atoms with Crippen molar-refractivity contribution in [2.24, 2.45) is 0 Å². The quantitative estimate of drug-likeness (QED) is 0.512. The molecule has 0 saturated carbocycles. The van der Waals surface area contributed by atoms with Crippen molar-refractivity contribution in [2.45, 2.75) is 6.92 Å². The molecule has 1 amide bonds. The fourth-order valence-electron chi connectivity index (χ4n) is 3.14. The van der Waals surface area contributed by atoms with Gasteiger partial charge in [0.2, 0.25) is 12.7 Å². The molecule has 2 aromatic carbocycles. The van der Waals surface area contributed by atoms with E-state index in [9.17, 15) is 9.90 Å². The molecule has 0 atom stereocenters. The minimum Gasteiger partial charge on any atom is -0.507 e. The maximum Gasteiger partial charge on any atom is 0.255 e. The number of benzene rings is 2. The first kappa shape index (κ1) is 17.1. The zero-order valence-electron chi connectivity index (χ0n) is 15.3. The Hall–Kier alpha value is -4.07. The lowest BCUT2D eigenvalue weighted by Crippen LogP contribution is -2.12. The minimum atomic E-state index is -0.321. The lowest BCUT2D eigenvalue weighted by molar-refractivity contribution is 0.102. The zero-order valence-corrected chi connectivity index (χ0v) is 15.3. The number of hydrogen-bond acceptors (Lipinski definition) is 7. The molecule has 8 nitrogen and oxygen atoms in total. The first-order valence-electron chi connectivity index (χ1n) is 8.85. The molecule has 8 heteroatoms. The highest BCUT2D eigenvalue weighted by Gasteiger charge is 2.19. The molecule has 3 heterocycles. The van der Waals surface area contributed by atoms with Crippen LogP contribution in [0.3, 0.4) is 0 Å². The van der Waals surface area contributed by atoms with Crippen molar-refractivity contribution >= 4 is 22.8 Å². The number of hydrogen-bond donors (Lipinski definition) is 2. The van der Waals surface area contributed by atoms with Crippen molar-refractivity contribution in [3.8, 4) is 28.7 Å². The van der Waals surface area contributed by atoms with Gasteiger partial charge in [0.15, 0.2) is 22.7 Å². The fraction of sp³-hybridized carbons (Fsp3) is 0.0952. The van der Waals surface area contributed by atoms with E-state index in [1.54, 1.807) is 55.6 Å². The van der Waals surface area contributed by atoms with Gasteiger partial charge in [-0.3, -0.25) is 4.79 Å². The van der Waals surface area contributed by atoms with E-state index in [4.69, 9.17) is 13.9 Å². The number of ether oxygens (including phenoxy) is 2. The highest BCUT2D eigenvalue weighted by atomic mass is 16.7. The summed E-state index contributed by atoms with van der Waals surface area (Å²) >= 11 is 0. The van der Waals surface area contributed by atoms with Crippen LogP contribution < -0.4 is 14.8 Å². The number of nitrogens with one attached hydrogen (secondary N) is 1. The third kappa shape index (κ3) is 3.00. The second-order valence-corrected chi connectivity index (χ2v) is 6.56. The first-order chi connectivity index (χ1) is 14.1. The van der Waals surface area contributed by atoms with Crippen LogP contribution in [0, 0.1) is 6.92 Å². The SMILES string of the molecule is Cc1cc(NC(=O)c2ccc3c(c2)OCO3)cc(-c2nc3ncccc3o2)c1O. The molecule has 2 aromatic heterocycles. The Bertz CT molecular complexity index is 1230. The van der Waals surface area contributed by atoms with Crippen LogP contribution in [0.2, 0.25) is 0 Å². The van der Waals surface area contributed by atoms with Crippen molar-refractivity contribution in [3.05, 3.63) is 59.8 Å². The number of amides is 1. The lowest BCUT2D eigenvalue weighted by Gasteiger charge is -2.10. The molecule has 0 bridgehead atoms. The number of oxazole rings is 1. The van der Waals surface area contributed by atoms with Crippen molar-refractivity contribution in [2.75, 3.05) is 12.1 Å². The molecule has 0 fully saturated rings. The molecule has 0 radical (unpaired) electrons. The molecule has 29 heavy (non-hydrogen) atoms. The van der Waals surface area contributed by atoms with Crippen LogP contribution in [-0.2, 0) is 0 Å². The largest absolute Gasteiger partial charge is 0.507 e. The number of nitrogens with zero attached hydrogens (tertiary/aromatic N) is 2. The maximum atomic E-state index is 12.7. The maximum absolute atomic E-state index is 12.7. The summed E-state index contributed by atoms with van der Waals surface area (Å²) in [5, 5.41) is 13.3. The highest BCUT2D eigenvalue weighted by molar-refractivity contribution is 6.05. The number of fused-ring (bicyclic) bond motifs is 2. The normalized spacial score (nSPS) is 12.3. The molecule has 2 N–H and O–H groups in total. The van der Waals surface area contributed by atoms with Crippen LogP contribution in [0.1, 0.15) is 15.9 Å². The summed E-state index contributed by atoms with van der Waals surface area (Å²) in [4.78, 5) is 21.1. The van der Waals surface area contributed by atoms with Gasteiger partial charge in [0, 0.05) is 17.4 Å². The number of phenolic OH excluding ortho intramolecular Hbond substituents is 1. The van der Waals surface area contributed by atoms with Crippen LogP contribution in [-0.4, -0.2) is 27.8 Å². The Labute approximate surface area is 164 Å². The molecule has 0 spiro atoms. The monoisotopic (exact) mass is 389 g/mol. The summed E-state index contributed by atoms with van der Waals surface area (Å²) < 4.78 is 16.3. The Morgan fingerprint density at radius 3 is 2.86 bits per heavy atom. The lowest BCUT2D eigenvalue weighted by atomic mass is 10.1. The molecule has 0 unspecified atom stereocenters. The van der Waals surface area contributed by atoms with Crippen molar-refractivity contribution < 1.29 is 23.8 Å². The Morgan fingerprint density at radius 2 is 2.00 bits per heavy atom. The summed E-state index contributed by atoms with van der Waals surface area (Å²) in [5.74, 6) is 1.06. The third-order valence-corrected chi connectivity index (χ3v) is 4.59. The molecular weight excluding hydrogens is 374 g/mol. The summed E-state index contributed by atoms with van der Waals surface area (Å²) in [6, 6.07) is 11.7. The third-order valence-electron chi connectivity index (χ3n) is 4.59. The van der Waals surface area contributed by atoms with Gasteiger partial charge in [-0.1, -0.05) is 0 Å². The standard InChI is InChI=1S/C21H15N3O5/c1-11-7-13(23-20(26)12-4-5-15-17(8-12)28-10-27-15)9-14(18(11)25)21-24-19-16(29-21)3-2-6-22-19/h2-9,25H,10H2,1H3,(H,23,26). The van der Waals surface area contributed by atoms with Crippen LogP contribution in [0.15, 0.2) is 53.1 Å². The fourth-order valence-corrected chi connectivity index (χ4v) is 3.14. The average molecular weight is 389 g/mol. The molecule has 1 aliphatic heterocycles. The van der Waals surface area contributed by atoms with E-state index < -0.39 is 0 Å². The van der Waals surface area contributed by atoms with E-state index >= 15 is 0 Å². The summed E-state index contributed by atoms with van der Waals surface area (Å²) in [5.41, 5.74) is 2.80. The predicted octanol–water partition coefficient (Wildman–Crippen LogP) is 3.88. The van der Waals surface area contributed by atoms with E-state index in [2.05, 4.69) is 15.3 Å². The molecule has 0 saturated heterocycles. The minimum absolute atomic E-state index is 0.0256. The smallest absolute Gasteiger partial charge is 0.255 e. The second kappa shape index (κ2) is 6.52. The number of carbonyl (C=O) groups excluding carboxylic acids is 1. The zero-order chi connectivity index (χ0) is 20.0. The van der Waals surface area contributed by atoms with Gasteiger partial charge < -0.3 is 24.3 Å². The molecule has 1 aliphatic rings. The van der Waals surface area contributed by atoms with E-state index in [1.807, 2.05) is 0 Å². The van der Waals surface area contributed by atoms with Crippen molar-refractivity contribution in [3.63, 3.8) is 0 Å².